The molecular weight excluding hydrogens is 350 g/mol. The van der Waals surface area contributed by atoms with E-state index in [0.717, 1.165) is 35.6 Å². The number of rotatable bonds is 5. The maximum absolute atomic E-state index is 12.5. The fourth-order valence-corrected chi connectivity index (χ4v) is 3.84. The number of hydrogen-bond acceptors (Lipinski definition) is 3. The summed E-state index contributed by atoms with van der Waals surface area (Å²) in [6.45, 7) is 6.17. The van der Waals surface area contributed by atoms with E-state index in [2.05, 4.69) is 27.7 Å². The van der Waals surface area contributed by atoms with E-state index in [1.807, 2.05) is 44.2 Å². The van der Waals surface area contributed by atoms with Crippen molar-refractivity contribution in [3.05, 3.63) is 53.6 Å². The summed E-state index contributed by atoms with van der Waals surface area (Å²) in [6.07, 6.45) is 3.09. The molecule has 5 heteroatoms. The van der Waals surface area contributed by atoms with E-state index >= 15 is 0 Å². The molecule has 2 atom stereocenters. The lowest BCUT2D eigenvalue weighted by Crippen LogP contribution is -2.21. The molecule has 2 fully saturated rings. The summed E-state index contributed by atoms with van der Waals surface area (Å²) < 4.78 is 0. The van der Waals surface area contributed by atoms with Crippen LogP contribution in [0.3, 0.4) is 0 Å². The fourth-order valence-electron chi connectivity index (χ4n) is 3.84. The molecule has 1 aliphatic heterocycles. The highest BCUT2D eigenvalue weighted by Crippen LogP contribution is 2.40. The third kappa shape index (κ3) is 4.03. The molecule has 2 unspecified atom stereocenters. The van der Waals surface area contributed by atoms with E-state index in [0.29, 0.717) is 6.42 Å². The second kappa shape index (κ2) is 7.66. The van der Waals surface area contributed by atoms with E-state index in [1.165, 1.54) is 18.5 Å². The summed E-state index contributed by atoms with van der Waals surface area (Å²) in [5.41, 5.74) is 4.94. The van der Waals surface area contributed by atoms with Crippen LogP contribution in [0, 0.1) is 25.7 Å². The molecule has 0 aromatic heterocycles. The molecular formula is C23H27N3O2. The van der Waals surface area contributed by atoms with Crippen molar-refractivity contribution in [2.75, 3.05) is 28.6 Å². The maximum Gasteiger partial charge on any atom is 0.228 e. The van der Waals surface area contributed by atoms with Crippen LogP contribution in [0.15, 0.2) is 42.5 Å². The topological polar surface area (TPSA) is 61.4 Å². The number of nitrogens with zero attached hydrogens (tertiary/aromatic N) is 1. The van der Waals surface area contributed by atoms with E-state index in [9.17, 15) is 9.59 Å². The van der Waals surface area contributed by atoms with Crippen molar-refractivity contribution in [2.45, 2.75) is 33.1 Å². The van der Waals surface area contributed by atoms with Gasteiger partial charge in [-0.25, -0.2) is 0 Å². The number of amides is 2. The number of aryl methyl sites for hydroxylation is 2. The van der Waals surface area contributed by atoms with Gasteiger partial charge >= 0.3 is 0 Å². The third-order valence-electron chi connectivity index (χ3n) is 5.72. The first kappa shape index (κ1) is 18.5. The number of carbonyl (C=O) groups is 2. The van der Waals surface area contributed by atoms with Gasteiger partial charge in [-0.1, -0.05) is 12.1 Å². The van der Waals surface area contributed by atoms with Crippen molar-refractivity contribution in [2.24, 2.45) is 11.8 Å². The lowest BCUT2D eigenvalue weighted by Gasteiger charge is -2.17. The van der Waals surface area contributed by atoms with Crippen molar-refractivity contribution in [3.8, 4) is 0 Å². The van der Waals surface area contributed by atoms with Gasteiger partial charge in [-0.2, -0.15) is 0 Å². The first-order valence-electron chi connectivity index (χ1n) is 10.1. The Balaban J connectivity index is 1.31. The number of nitrogens with one attached hydrogen (secondary N) is 2. The Kier molecular flexibility index (Phi) is 5.07. The molecule has 28 heavy (non-hydrogen) atoms. The Hall–Kier alpha value is -2.82. The fraction of sp³-hybridized carbons (Fsp3) is 0.391. The minimum Gasteiger partial charge on any atom is -0.372 e. The van der Waals surface area contributed by atoms with Crippen LogP contribution < -0.4 is 15.5 Å². The molecule has 2 amide bonds. The zero-order valence-electron chi connectivity index (χ0n) is 16.5. The van der Waals surface area contributed by atoms with Gasteiger partial charge in [0, 0.05) is 30.2 Å². The van der Waals surface area contributed by atoms with Crippen molar-refractivity contribution < 1.29 is 9.59 Å². The van der Waals surface area contributed by atoms with Crippen LogP contribution >= 0.6 is 0 Å². The van der Waals surface area contributed by atoms with Crippen molar-refractivity contribution in [1.82, 2.24) is 0 Å². The maximum atomic E-state index is 12.5. The first-order chi connectivity index (χ1) is 13.5. The predicted octanol–water partition coefficient (Wildman–Crippen LogP) is 4.12. The summed E-state index contributed by atoms with van der Waals surface area (Å²) in [5, 5.41) is 5.93. The Morgan fingerprint density at radius 2 is 1.54 bits per heavy atom. The van der Waals surface area contributed by atoms with E-state index < -0.39 is 0 Å². The van der Waals surface area contributed by atoms with Gasteiger partial charge in [-0.15, -0.1) is 0 Å². The van der Waals surface area contributed by atoms with Crippen molar-refractivity contribution >= 4 is 28.9 Å². The molecule has 1 heterocycles. The average molecular weight is 377 g/mol. The van der Waals surface area contributed by atoms with Crippen LogP contribution in [0.1, 0.15) is 30.4 Å². The first-order valence-corrected chi connectivity index (χ1v) is 10.1. The van der Waals surface area contributed by atoms with E-state index in [1.54, 1.807) is 0 Å². The summed E-state index contributed by atoms with van der Waals surface area (Å²) in [6, 6.07) is 14.0. The summed E-state index contributed by atoms with van der Waals surface area (Å²) in [5.74, 6) is -0.638. The SMILES string of the molecule is Cc1ccc(C)c(NC(=O)C2CC2C(=O)Nc2ccc(N3CCCC3)cc2)c1. The molecule has 4 rings (SSSR count). The quantitative estimate of drug-likeness (QED) is 0.824. The second-order valence-electron chi connectivity index (χ2n) is 7.99. The zero-order valence-corrected chi connectivity index (χ0v) is 16.5. The van der Waals surface area contributed by atoms with Gasteiger partial charge in [0.15, 0.2) is 0 Å². The van der Waals surface area contributed by atoms with Crippen LogP contribution in [0.5, 0.6) is 0 Å². The van der Waals surface area contributed by atoms with Crippen LogP contribution in [0.4, 0.5) is 17.1 Å². The molecule has 1 saturated heterocycles. The Morgan fingerprint density at radius 1 is 0.893 bits per heavy atom. The Morgan fingerprint density at radius 3 is 2.21 bits per heavy atom. The molecule has 0 radical (unpaired) electrons. The van der Waals surface area contributed by atoms with Gasteiger partial charge in [-0.05, 0) is 74.6 Å². The minimum absolute atomic E-state index is 0.0711. The Bertz CT molecular complexity index is 885. The van der Waals surface area contributed by atoms with E-state index in [-0.39, 0.29) is 23.7 Å². The van der Waals surface area contributed by atoms with E-state index in [4.69, 9.17) is 0 Å². The second-order valence-corrected chi connectivity index (χ2v) is 7.99. The summed E-state index contributed by atoms with van der Waals surface area (Å²) in [4.78, 5) is 27.4. The van der Waals surface area contributed by atoms with Gasteiger partial charge in [0.2, 0.25) is 11.8 Å². The van der Waals surface area contributed by atoms with Crippen molar-refractivity contribution in [3.63, 3.8) is 0 Å². The number of benzene rings is 2. The molecule has 1 aliphatic carbocycles. The molecule has 1 saturated carbocycles. The van der Waals surface area contributed by atoms with Crippen molar-refractivity contribution in [1.29, 1.82) is 0 Å². The highest BCUT2D eigenvalue weighted by Gasteiger charge is 2.48. The average Bonchev–Trinajstić information content (AvgIpc) is 3.31. The summed E-state index contributed by atoms with van der Waals surface area (Å²) in [7, 11) is 0. The number of carbonyl (C=O) groups excluding carboxylic acids is 2. The highest BCUT2D eigenvalue weighted by molar-refractivity contribution is 6.03. The number of anilines is 3. The lowest BCUT2D eigenvalue weighted by molar-refractivity contribution is -0.122. The molecule has 2 aliphatic rings. The smallest absolute Gasteiger partial charge is 0.228 e. The van der Waals surface area contributed by atoms with Gasteiger partial charge in [0.25, 0.3) is 0 Å². The molecule has 0 bridgehead atoms. The highest BCUT2D eigenvalue weighted by atomic mass is 16.2. The van der Waals surface area contributed by atoms with Gasteiger partial charge in [0.05, 0.1) is 11.8 Å². The van der Waals surface area contributed by atoms with Gasteiger partial charge in [0.1, 0.15) is 0 Å². The normalized spacial score (nSPS) is 20.7. The largest absolute Gasteiger partial charge is 0.372 e. The molecule has 146 valence electrons. The molecule has 2 aromatic rings. The molecule has 0 spiro atoms. The monoisotopic (exact) mass is 377 g/mol. The Labute approximate surface area is 166 Å². The van der Waals surface area contributed by atoms with Gasteiger partial charge < -0.3 is 15.5 Å². The molecule has 5 nitrogen and oxygen atoms in total. The zero-order chi connectivity index (χ0) is 19.7. The number of hydrogen-bond donors (Lipinski definition) is 2. The van der Waals surface area contributed by atoms with Crippen LogP contribution in [-0.2, 0) is 9.59 Å². The van der Waals surface area contributed by atoms with Crippen LogP contribution in [0.2, 0.25) is 0 Å². The minimum atomic E-state index is -0.247. The molecule has 2 N–H and O–H groups in total. The lowest BCUT2D eigenvalue weighted by atomic mass is 10.1. The predicted molar refractivity (Wildman–Crippen MR) is 113 cm³/mol. The third-order valence-corrected chi connectivity index (χ3v) is 5.72. The van der Waals surface area contributed by atoms with Crippen LogP contribution in [0.25, 0.3) is 0 Å². The van der Waals surface area contributed by atoms with Gasteiger partial charge in [-0.3, -0.25) is 9.59 Å². The summed E-state index contributed by atoms with van der Waals surface area (Å²) >= 11 is 0. The van der Waals surface area contributed by atoms with Crippen LogP contribution in [-0.4, -0.2) is 24.9 Å². The molecule has 2 aromatic carbocycles. The standard InChI is InChI=1S/C23H27N3O2/c1-15-5-6-16(2)21(13-15)25-23(28)20-14-19(20)22(27)24-17-7-9-18(10-8-17)26-11-3-4-12-26/h5-10,13,19-20H,3-4,11-12,14H2,1-2H3,(H,24,27)(H,25,28).